The number of amides is 2. The molecular formula is C25H35N3O6. The van der Waals surface area contributed by atoms with Crippen molar-refractivity contribution in [2.75, 3.05) is 48.0 Å². The van der Waals surface area contributed by atoms with Crippen LogP contribution in [0.5, 0.6) is 5.75 Å². The molecular weight excluding hydrogens is 438 g/mol. The smallest absolute Gasteiger partial charge is 0.257 e. The first-order chi connectivity index (χ1) is 16.3. The van der Waals surface area contributed by atoms with Gasteiger partial charge in [0.05, 0.1) is 41.4 Å². The van der Waals surface area contributed by atoms with Crippen LogP contribution in [0.4, 0.5) is 0 Å². The lowest BCUT2D eigenvalue weighted by Crippen LogP contribution is -2.47. The molecule has 1 aromatic carbocycles. The van der Waals surface area contributed by atoms with E-state index in [2.05, 4.69) is 6.07 Å². The van der Waals surface area contributed by atoms with E-state index in [9.17, 15) is 14.9 Å². The summed E-state index contributed by atoms with van der Waals surface area (Å²) in [6.07, 6.45) is 1.40. The zero-order valence-corrected chi connectivity index (χ0v) is 20.7. The minimum absolute atomic E-state index is 0.0233. The van der Waals surface area contributed by atoms with Crippen LogP contribution in [0.2, 0.25) is 0 Å². The number of likely N-dealkylation sites (N-methyl/N-ethyl adjacent to an activating group) is 1. The number of fused-ring (bicyclic) bond motifs is 3. The van der Waals surface area contributed by atoms with Gasteiger partial charge >= 0.3 is 0 Å². The number of ether oxygens (including phenoxy) is 4. The van der Waals surface area contributed by atoms with Crippen LogP contribution in [0, 0.1) is 17.2 Å². The molecule has 2 aliphatic heterocycles. The van der Waals surface area contributed by atoms with Gasteiger partial charge in [-0.25, -0.2) is 0 Å². The molecule has 3 rings (SSSR count). The van der Waals surface area contributed by atoms with Gasteiger partial charge in [-0.15, -0.1) is 0 Å². The van der Waals surface area contributed by atoms with Crippen molar-refractivity contribution in [3.8, 4) is 11.8 Å². The quantitative estimate of drug-likeness (QED) is 0.648. The van der Waals surface area contributed by atoms with Gasteiger partial charge in [0, 0.05) is 41.4 Å². The zero-order chi connectivity index (χ0) is 24.8. The van der Waals surface area contributed by atoms with Crippen molar-refractivity contribution in [3.63, 3.8) is 0 Å². The third-order valence-corrected chi connectivity index (χ3v) is 6.81. The second kappa shape index (κ2) is 11.6. The van der Waals surface area contributed by atoms with Gasteiger partial charge in [0.25, 0.3) is 5.91 Å². The highest BCUT2D eigenvalue weighted by atomic mass is 16.6. The second-order valence-corrected chi connectivity index (χ2v) is 9.08. The van der Waals surface area contributed by atoms with Gasteiger partial charge in [-0.3, -0.25) is 9.59 Å². The number of rotatable bonds is 2. The number of hydrogen-bond acceptors (Lipinski definition) is 7. The fraction of sp³-hybridized carbons (Fsp3) is 0.640. The third kappa shape index (κ3) is 5.87. The molecule has 0 N–H and O–H groups in total. The number of nitrogens with zero attached hydrogens (tertiary/aromatic N) is 3. The Morgan fingerprint density at radius 2 is 1.79 bits per heavy atom. The van der Waals surface area contributed by atoms with Gasteiger partial charge in [0.15, 0.2) is 0 Å². The lowest BCUT2D eigenvalue weighted by atomic mass is 9.98. The van der Waals surface area contributed by atoms with Crippen LogP contribution in [0.25, 0.3) is 0 Å². The van der Waals surface area contributed by atoms with E-state index in [4.69, 9.17) is 18.9 Å². The highest BCUT2D eigenvalue weighted by Gasteiger charge is 2.34. The monoisotopic (exact) mass is 473 g/mol. The molecule has 2 bridgehead atoms. The minimum atomic E-state index is -0.488. The van der Waals surface area contributed by atoms with Crippen molar-refractivity contribution in [1.29, 1.82) is 5.26 Å². The second-order valence-electron chi connectivity index (χ2n) is 9.08. The Labute approximate surface area is 201 Å². The maximum atomic E-state index is 13.4. The molecule has 0 aliphatic carbocycles. The number of benzene rings is 1. The number of nitriles is 1. The molecule has 186 valence electrons. The lowest BCUT2D eigenvalue weighted by Gasteiger charge is -2.37. The van der Waals surface area contributed by atoms with Crippen LogP contribution in [0.1, 0.15) is 42.1 Å². The van der Waals surface area contributed by atoms with Gasteiger partial charge in [-0.2, -0.15) is 5.26 Å². The predicted octanol–water partition coefficient (Wildman–Crippen LogP) is 2.08. The van der Waals surface area contributed by atoms with Gasteiger partial charge in [-0.1, -0.05) is 6.92 Å². The SMILES string of the molecule is CO[C@H]1CN(C)C(=O)c2cc(C#N)ccc2OC[C@@H]2O[C@@H](CC[C@H]2OC)CCN(C)C(=O)[C@H]1C. The molecule has 34 heavy (non-hydrogen) atoms. The number of hydrogen-bond donors (Lipinski definition) is 0. The van der Waals surface area contributed by atoms with E-state index in [1.807, 2.05) is 6.92 Å². The van der Waals surface area contributed by atoms with Crippen molar-refractivity contribution >= 4 is 11.8 Å². The number of methoxy groups -OCH3 is 2. The molecule has 1 fully saturated rings. The first-order valence-electron chi connectivity index (χ1n) is 11.7. The van der Waals surface area contributed by atoms with Crippen molar-refractivity contribution in [2.24, 2.45) is 5.92 Å². The van der Waals surface area contributed by atoms with Crippen molar-refractivity contribution in [2.45, 2.75) is 50.6 Å². The molecule has 0 saturated carbocycles. The van der Waals surface area contributed by atoms with Crippen LogP contribution < -0.4 is 4.74 Å². The molecule has 2 amide bonds. The summed E-state index contributed by atoms with van der Waals surface area (Å²) in [6.45, 7) is 2.80. The molecule has 0 unspecified atom stereocenters. The van der Waals surface area contributed by atoms with E-state index in [1.165, 1.54) is 18.1 Å². The van der Waals surface area contributed by atoms with Crippen molar-refractivity contribution < 1.29 is 28.5 Å². The number of carbonyl (C=O) groups excluding carboxylic acids is 2. The maximum absolute atomic E-state index is 13.4. The molecule has 1 aromatic rings. The summed E-state index contributed by atoms with van der Waals surface area (Å²) in [7, 11) is 6.62. The Balaban J connectivity index is 1.96. The molecule has 0 spiro atoms. The summed E-state index contributed by atoms with van der Waals surface area (Å²) >= 11 is 0. The molecule has 1 saturated heterocycles. The fourth-order valence-corrected chi connectivity index (χ4v) is 4.58. The Hall–Kier alpha value is -2.67. The summed E-state index contributed by atoms with van der Waals surface area (Å²) in [5, 5.41) is 9.36. The van der Waals surface area contributed by atoms with E-state index in [0.717, 1.165) is 12.8 Å². The topological polar surface area (TPSA) is 101 Å². The van der Waals surface area contributed by atoms with Crippen LogP contribution in [-0.2, 0) is 19.0 Å². The lowest BCUT2D eigenvalue weighted by molar-refractivity contribution is -0.147. The van der Waals surface area contributed by atoms with E-state index in [-0.39, 0.29) is 48.8 Å². The minimum Gasteiger partial charge on any atom is -0.490 e. The Morgan fingerprint density at radius 3 is 2.47 bits per heavy atom. The van der Waals surface area contributed by atoms with E-state index in [0.29, 0.717) is 24.3 Å². The fourth-order valence-electron chi connectivity index (χ4n) is 4.58. The van der Waals surface area contributed by atoms with Crippen LogP contribution >= 0.6 is 0 Å². The highest BCUT2D eigenvalue weighted by Crippen LogP contribution is 2.28. The van der Waals surface area contributed by atoms with Gasteiger partial charge in [0.2, 0.25) is 5.91 Å². The maximum Gasteiger partial charge on any atom is 0.257 e. The Morgan fingerprint density at radius 1 is 1.06 bits per heavy atom. The van der Waals surface area contributed by atoms with Gasteiger partial charge in [-0.05, 0) is 37.5 Å². The molecule has 0 aromatic heterocycles. The Bertz CT molecular complexity index is 916. The molecule has 9 heteroatoms. The van der Waals surface area contributed by atoms with E-state index < -0.39 is 12.0 Å². The number of carbonyl (C=O) groups is 2. The predicted molar refractivity (Wildman–Crippen MR) is 125 cm³/mol. The highest BCUT2D eigenvalue weighted by molar-refractivity contribution is 5.97. The molecule has 2 aliphatic rings. The van der Waals surface area contributed by atoms with Crippen molar-refractivity contribution in [3.05, 3.63) is 29.3 Å². The van der Waals surface area contributed by atoms with Crippen LogP contribution in [0.15, 0.2) is 18.2 Å². The first kappa shape index (κ1) is 25.9. The normalized spacial score (nSPS) is 29.2. The standard InChI is InChI=1S/C25H35N3O6/c1-16-22(32-5)14-28(3)25(30)19-12-17(13-26)6-8-20(19)33-15-23-21(31-4)9-7-18(34-23)10-11-27(2)24(16)29/h6,8,12,16,18,21-23H,7,9-11,14-15H2,1-5H3/t16-,18-,21+,22-,23-/m0/s1. The zero-order valence-electron chi connectivity index (χ0n) is 20.7. The average molecular weight is 474 g/mol. The summed E-state index contributed by atoms with van der Waals surface area (Å²) in [4.78, 5) is 29.7. The first-order valence-corrected chi connectivity index (χ1v) is 11.7. The van der Waals surface area contributed by atoms with Gasteiger partial charge in [0.1, 0.15) is 18.5 Å². The largest absolute Gasteiger partial charge is 0.490 e. The molecule has 2 heterocycles. The molecule has 0 radical (unpaired) electrons. The Kier molecular flexibility index (Phi) is 8.89. The molecule has 9 nitrogen and oxygen atoms in total. The average Bonchev–Trinajstić information content (AvgIpc) is 2.86. The van der Waals surface area contributed by atoms with E-state index in [1.54, 1.807) is 38.2 Å². The summed E-state index contributed by atoms with van der Waals surface area (Å²) in [5.74, 6) is -0.434. The summed E-state index contributed by atoms with van der Waals surface area (Å²) < 4.78 is 23.6. The van der Waals surface area contributed by atoms with Crippen molar-refractivity contribution in [1.82, 2.24) is 9.80 Å². The third-order valence-electron chi connectivity index (χ3n) is 6.81. The van der Waals surface area contributed by atoms with Gasteiger partial charge < -0.3 is 28.7 Å². The molecule has 5 atom stereocenters. The summed E-state index contributed by atoms with van der Waals surface area (Å²) in [6, 6.07) is 6.86. The van der Waals surface area contributed by atoms with E-state index >= 15 is 0 Å². The van der Waals surface area contributed by atoms with Crippen LogP contribution in [0.3, 0.4) is 0 Å². The summed E-state index contributed by atoms with van der Waals surface area (Å²) in [5.41, 5.74) is 0.636. The van der Waals surface area contributed by atoms with Crippen LogP contribution in [-0.4, -0.2) is 94.0 Å².